The van der Waals surface area contributed by atoms with Gasteiger partial charge in [0.15, 0.2) is 0 Å². The van der Waals surface area contributed by atoms with Gasteiger partial charge >= 0.3 is 0 Å². The molecule has 3 N–H and O–H groups in total. The van der Waals surface area contributed by atoms with Gasteiger partial charge in [-0.25, -0.2) is 0 Å². The molecule has 1 aliphatic carbocycles. The normalized spacial score (nSPS) is 17.1. The lowest BCUT2D eigenvalue weighted by Crippen LogP contribution is -2.13. The molecule has 0 unspecified atom stereocenters. The van der Waals surface area contributed by atoms with E-state index in [4.69, 9.17) is 5.73 Å². The quantitative estimate of drug-likeness (QED) is 0.599. The van der Waals surface area contributed by atoms with E-state index in [2.05, 4.69) is 0 Å². The van der Waals surface area contributed by atoms with Gasteiger partial charge in [0.2, 0.25) is 0 Å². The van der Waals surface area contributed by atoms with Gasteiger partial charge < -0.3 is 10.8 Å². The fourth-order valence-electron chi connectivity index (χ4n) is 2.14. The fourth-order valence-corrected chi connectivity index (χ4v) is 2.14. The maximum Gasteiger partial charge on any atom is 0.269 e. The summed E-state index contributed by atoms with van der Waals surface area (Å²) in [6, 6.07) is 4.18. The molecule has 0 atom stereocenters. The van der Waals surface area contributed by atoms with Crippen molar-refractivity contribution in [1.82, 2.24) is 0 Å². The van der Waals surface area contributed by atoms with Crippen LogP contribution in [0.4, 0.5) is 5.69 Å². The van der Waals surface area contributed by atoms with Crippen LogP contribution in [0.25, 0.3) is 0 Å². The first-order valence-electron chi connectivity index (χ1n) is 5.27. The van der Waals surface area contributed by atoms with Crippen molar-refractivity contribution in [3.63, 3.8) is 0 Å². The van der Waals surface area contributed by atoms with Gasteiger partial charge in [0.1, 0.15) is 5.75 Å². The average Bonchev–Trinajstić information content (AvgIpc) is 2.99. The molecule has 86 valence electrons. The molecule has 5 nitrogen and oxygen atoms in total. The van der Waals surface area contributed by atoms with E-state index in [1.54, 1.807) is 0 Å². The number of aromatic hydroxyl groups is 1. The van der Waals surface area contributed by atoms with Crippen molar-refractivity contribution < 1.29 is 10.0 Å². The summed E-state index contributed by atoms with van der Waals surface area (Å²) in [5, 5.41) is 20.4. The molecule has 0 aromatic heterocycles. The fraction of sp³-hybridized carbons (Fsp3) is 0.455. The molecule has 2 rings (SSSR count). The summed E-state index contributed by atoms with van der Waals surface area (Å²) in [4.78, 5) is 10.2. The minimum Gasteiger partial charge on any atom is -0.508 e. The zero-order valence-corrected chi connectivity index (χ0v) is 8.85. The lowest BCUT2D eigenvalue weighted by Gasteiger charge is -2.15. The molecule has 1 saturated carbocycles. The largest absolute Gasteiger partial charge is 0.508 e. The standard InChI is InChI=1S/C11H14N2O3/c12-6-5-11(3-4-11)9-7-8(13(15)16)1-2-10(9)14/h1-2,7,14H,3-6,12H2. The highest BCUT2D eigenvalue weighted by atomic mass is 16.6. The van der Waals surface area contributed by atoms with Crippen molar-refractivity contribution >= 4 is 5.69 Å². The number of phenolic OH excluding ortho intramolecular Hbond substituents is 1. The number of hydrogen-bond acceptors (Lipinski definition) is 4. The summed E-state index contributed by atoms with van der Waals surface area (Å²) in [6.45, 7) is 0.530. The molecule has 0 amide bonds. The Morgan fingerprint density at radius 2 is 2.19 bits per heavy atom. The van der Waals surface area contributed by atoms with Crippen molar-refractivity contribution in [2.24, 2.45) is 5.73 Å². The molecule has 0 saturated heterocycles. The summed E-state index contributed by atoms with van der Waals surface area (Å²) in [7, 11) is 0. The molecule has 1 aromatic carbocycles. The van der Waals surface area contributed by atoms with E-state index in [1.807, 2.05) is 0 Å². The Kier molecular flexibility index (Phi) is 2.55. The van der Waals surface area contributed by atoms with Gasteiger partial charge in [-0.05, 0) is 31.9 Å². The van der Waals surface area contributed by atoms with E-state index >= 15 is 0 Å². The van der Waals surface area contributed by atoms with Crippen LogP contribution in [-0.4, -0.2) is 16.6 Å². The first-order valence-corrected chi connectivity index (χ1v) is 5.27. The van der Waals surface area contributed by atoms with E-state index < -0.39 is 4.92 Å². The first-order chi connectivity index (χ1) is 7.59. The van der Waals surface area contributed by atoms with Crippen LogP contribution in [0.1, 0.15) is 24.8 Å². The monoisotopic (exact) mass is 222 g/mol. The van der Waals surface area contributed by atoms with E-state index in [0.717, 1.165) is 19.3 Å². The van der Waals surface area contributed by atoms with Crippen LogP contribution < -0.4 is 5.73 Å². The summed E-state index contributed by atoms with van der Waals surface area (Å²) in [6.07, 6.45) is 2.65. The number of nitrogens with zero attached hydrogens (tertiary/aromatic N) is 1. The number of phenols is 1. The minimum atomic E-state index is -0.443. The number of nitro groups is 1. The van der Waals surface area contributed by atoms with Crippen molar-refractivity contribution in [2.75, 3.05) is 6.54 Å². The zero-order valence-electron chi connectivity index (χ0n) is 8.85. The maximum absolute atomic E-state index is 10.7. The van der Waals surface area contributed by atoms with Crippen molar-refractivity contribution in [2.45, 2.75) is 24.7 Å². The molecule has 1 aliphatic rings. The van der Waals surface area contributed by atoms with Crippen LogP contribution in [0.3, 0.4) is 0 Å². The smallest absolute Gasteiger partial charge is 0.269 e. The van der Waals surface area contributed by atoms with Crippen LogP contribution in [0, 0.1) is 10.1 Å². The number of nitro benzene ring substituents is 1. The number of nitrogens with two attached hydrogens (primary N) is 1. The van der Waals surface area contributed by atoms with Crippen LogP contribution in [0.2, 0.25) is 0 Å². The zero-order chi connectivity index (χ0) is 11.8. The van der Waals surface area contributed by atoms with Crippen molar-refractivity contribution in [1.29, 1.82) is 0 Å². The molecule has 0 bridgehead atoms. The van der Waals surface area contributed by atoms with Crippen LogP contribution in [0.5, 0.6) is 5.75 Å². The molecule has 1 fully saturated rings. The van der Waals surface area contributed by atoms with Crippen molar-refractivity contribution in [3.05, 3.63) is 33.9 Å². The summed E-state index contributed by atoms with van der Waals surface area (Å²) < 4.78 is 0. The van der Waals surface area contributed by atoms with Gasteiger partial charge in [0.25, 0.3) is 5.69 Å². The highest BCUT2D eigenvalue weighted by Gasteiger charge is 2.45. The third-order valence-corrected chi connectivity index (χ3v) is 3.24. The lowest BCUT2D eigenvalue weighted by atomic mass is 9.91. The third kappa shape index (κ3) is 1.74. The van der Waals surface area contributed by atoms with Gasteiger partial charge in [0.05, 0.1) is 4.92 Å². The first kappa shape index (κ1) is 10.9. The van der Waals surface area contributed by atoms with Crippen LogP contribution >= 0.6 is 0 Å². The second kappa shape index (κ2) is 3.75. The predicted molar refractivity (Wildman–Crippen MR) is 59.3 cm³/mol. The van der Waals surface area contributed by atoms with E-state index in [0.29, 0.717) is 12.1 Å². The molecule has 0 aliphatic heterocycles. The molecular formula is C11H14N2O3. The molecule has 0 spiro atoms. The van der Waals surface area contributed by atoms with Gasteiger partial charge in [0, 0.05) is 23.1 Å². The third-order valence-electron chi connectivity index (χ3n) is 3.24. The second-order valence-corrected chi connectivity index (χ2v) is 4.28. The molecule has 5 heteroatoms. The number of benzene rings is 1. The van der Waals surface area contributed by atoms with Gasteiger partial charge in [-0.15, -0.1) is 0 Å². The van der Waals surface area contributed by atoms with E-state index in [-0.39, 0.29) is 16.9 Å². The van der Waals surface area contributed by atoms with Gasteiger partial charge in [-0.3, -0.25) is 10.1 Å². The predicted octanol–water partition coefficient (Wildman–Crippen LogP) is 1.68. The average molecular weight is 222 g/mol. The second-order valence-electron chi connectivity index (χ2n) is 4.28. The Balaban J connectivity index is 2.40. The highest BCUT2D eigenvalue weighted by Crippen LogP contribution is 2.53. The van der Waals surface area contributed by atoms with Crippen molar-refractivity contribution in [3.8, 4) is 5.75 Å². The van der Waals surface area contributed by atoms with Gasteiger partial charge in [-0.2, -0.15) is 0 Å². The van der Waals surface area contributed by atoms with Crippen LogP contribution in [0.15, 0.2) is 18.2 Å². The molecule has 0 radical (unpaired) electrons. The Hall–Kier alpha value is -1.62. The number of non-ortho nitro benzene ring substituents is 1. The summed E-state index contributed by atoms with van der Waals surface area (Å²) in [5.74, 6) is 0.136. The molecule has 0 heterocycles. The summed E-state index contributed by atoms with van der Waals surface area (Å²) >= 11 is 0. The highest BCUT2D eigenvalue weighted by molar-refractivity contribution is 5.49. The molecular weight excluding hydrogens is 208 g/mol. The van der Waals surface area contributed by atoms with E-state index in [9.17, 15) is 15.2 Å². The van der Waals surface area contributed by atoms with E-state index in [1.165, 1.54) is 18.2 Å². The lowest BCUT2D eigenvalue weighted by molar-refractivity contribution is -0.385. The Labute approximate surface area is 93.0 Å². The Bertz CT molecular complexity index is 427. The van der Waals surface area contributed by atoms with Gasteiger partial charge in [-0.1, -0.05) is 0 Å². The number of hydrogen-bond donors (Lipinski definition) is 2. The Morgan fingerprint density at radius 3 is 2.69 bits per heavy atom. The number of rotatable bonds is 4. The molecule has 1 aromatic rings. The minimum absolute atomic E-state index is 0.0242. The van der Waals surface area contributed by atoms with Crippen LogP contribution in [-0.2, 0) is 5.41 Å². The topological polar surface area (TPSA) is 89.4 Å². The maximum atomic E-state index is 10.7. The summed E-state index contributed by atoms with van der Waals surface area (Å²) in [5.41, 5.74) is 6.10. The Morgan fingerprint density at radius 1 is 1.50 bits per heavy atom. The molecule has 16 heavy (non-hydrogen) atoms. The SMILES string of the molecule is NCCC1(c2cc([N+](=O)[O-])ccc2O)CC1.